The van der Waals surface area contributed by atoms with E-state index in [4.69, 9.17) is 0 Å². The van der Waals surface area contributed by atoms with Gasteiger partial charge in [0.25, 0.3) is 0 Å². The van der Waals surface area contributed by atoms with Crippen molar-refractivity contribution in [3.8, 4) is 0 Å². The van der Waals surface area contributed by atoms with E-state index in [1.54, 1.807) is 0 Å². The molecule has 0 N–H and O–H groups in total. The molecule has 0 aliphatic carbocycles. The number of rotatable bonds is 15. The topological polar surface area (TPSA) is 17.6 Å². The molecular weight excluding hydrogens is 753 g/mol. The SMILES string of the molecule is CCn1c2ccccc2c2cc(/C=C/c3ccc4ccccc4[n+]3CCCCCCCC[n+]3c(/C=C/c4ccc5c6ccccc6n(CC)c5c4)ccc4ccccc43)ccc21. The van der Waals surface area contributed by atoms with Crippen LogP contribution in [-0.2, 0) is 26.2 Å². The van der Waals surface area contributed by atoms with Gasteiger partial charge < -0.3 is 9.13 Å². The summed E-state index contributed by atoms with van der Waals surface area (Å²) in [5, 5.41) is 7.89. The maximum absolute atomic E-state index is 2.53. The third kappa shape index (κ3) is 7.60. The first-order valence-corrected chi connectivity index (χ1v) is 22.9. The fraction of sp³-hybridized carbons (Fsp3) is 0.207. The smallest absolute Gasteiger partial charge is 0.212 e. The van der Waals surface area contributed by atoms with Crippen molar-refractivity contribution in [2.75, 3.05) is 0 Å². The van der Waals surface area contributed by atoms with E-state index < -0.39 is 0 Å². The standard InChI is InChI=1S/C58H56N4/c1-3-59-56-26-16-12-22-50(56)52-41-43(30-38-57(52)59)27-33-47-35-31-45-19-9-13-23-53(45)61(47)39-17-7-5-6-8-18-40-62-48(36-32-46-20-10-14-24-54(46)62)34-28-44-29-37-51-49-21-11-15-25-55(49)60(4-2)58(51)42-44/h9-16,19-38,41-42H,3-8,17-18,39-40H2,1-2H3/q+2. The zero-order chi connectivity index (χ0) is 41.8. The second-order valence-corrected chi connectivity index (χ2v) is 16.8. The van der Waals surface area contributed by atoms with E-state index in [1.807, 2.05) is 0 Å². The lowest BCUT2D eigenvalue weighted by Gasteiger charge is -2.07. The number of nitrogens with zero attached hydrogens (tertiary/aromatic N) is 4. The molecule has 0 aliphatic rings. The molecule has 0 amide bonds. The molecule has 10 aromatic rings. The summed E-state index contributed by atoms with van der Waals surface area (Å²) in [4.78, 5) is 0. The lowest BCUT2D eigenvalue weighted by molar-refractivity contribution is -0.673. The molecule has 0 saturated carbocycles. The Kier molecular flexibility index (Phi) is 11.2. The fourth-order valence-electron chi connectivity index (χ4n) is 9.98. The molecule has 10 rings (SSSR count). The van der Waals surface area contributed by atoms with Crippen molar-refractivity contribution < 1.29 is 9.13 Å². The van der Waals surface area contributed by atoms with Gasteiger partial charge >= 0.3 is 0 Å². The normalized spacial score (nSPS) is 12.2. The number of hydrogen-bond donors (Lipinski definition) is 0. The molecule has 0 atom stereocenters. The van der Waals surface area contributed by atoms with E-state index in [1.165, 1.54) is 126 Å². The van der Waals surface area contributed by atoms with Crippen LogP contribution >= 0.6 is 0 Å². The number of benzene rings is 6. The van der Waals surface area contributed by atoms with Crippen LogP contribution in [0.15, 0.2) is 158 Å². The van der Waals surface area contributed by atoms with Gasteiger partial charge in [-0.25, -0.2) is 0 Å². The first-order chi connectivity index (χ1) is 30.7. The van der Waals surface area contributed by atoms with Crippen molar-refractivity contribution in [2.45, 2.75) is 78.6 Å². The summed E-state index contributed by atoms with van der Waals surface area (Å²) in [5.41, 5.74) is 12.8. The second kappa shape index (κ2) is 17.7. The van der Waals surface area contributed by atoms with Gasteiger partial charge in [-0.2, -0.15) is 9.13 Å². The quantitative estimate of drug-likeness (QED) is 0.0725. The van der Waals surface area contributed by atoms with Gasteiger partial charge in [0.05, 0.1) is 0 Å². The number of fused-ring (bicyclic) bond motifs is 8. The molecule has 4 nitrogen and oxygen atoms in total. The Labute approximate surface area is 365 Å². The van der Waals surface area contributed by atoms with E-state index in [0.717, 1.165) is 26.2 Å². The third-order valence-corrected chi connectivity index (χ3v) is 13.1. The predicted molar refractivity (Wildman–Crippen MR) is 264 cm³/mol. The minimum Gasteiger partial charge on any atom is -0.341 e. The van der Waals surface area contributed by atoms with E-state index in [0.29, 0.717) is 0 Å². The van der Waals surface area contributed by atoms with Gasteiger partial charge in [-0.3, -0.25) is 0 Å². The van der Waals surface area contributed by atoms with Crippen molar-refractivity contribution in [3.05, 3.63) is 180 Å². The van der Waals surface area contributed by atoms with Crippen LogP contribution in [0.25, 0.3) is 89.7 Å². The molecule has 0 saturated heterocycles. The highest BCUT2D eigenvalue weighted by Crippen LogP contribution is 2.32. The third-order valence-electron chi connectivity index (χ3n) is 13.1. The predicted octanol–water partition coefficient (Wildman–Crippen LogP) is 14.2. The molecule has 0 bridgehead atoms. The van der Waals surface area contributed by atoms with Crippen LogP contribution in [-0.4, -0.2) is 9.13 Å². The van der Waals surface area contributed by atoms with Gasteiger partial charge in [0.15, 0.2) is 0 Å². The number of unbranched alkanes of at least 4 members (excludes halogenated alkanes) is 5. The van der Waals surface area contributed by atoms with Crippen LogP contribution in [0.5, 0.6) is 0 Å². The Morgan fingerprint density at radius 3 is 1.42 bits per heavy atom. The summed E-state index contributed by atoms with van der Waals surface area (Å²) < 4.78 is 9.91. The molecular formula is C58H56N4+2. The van der Waals surface area contributed by atoms with Gasteiger partial charge in [0.2, 0.25) is 22.4 Å². The average Bonchev–Trinajstić information content (AvgIpc) is 3.82. The Morgan fingerprint density at radius 2 is 0.823 bits per heavy atom. The van der Waals surface area contributed by atoms with Gasteiger partial charge in [-0.1, -0.05) is 91.7 Å². The van der Waals surface area contributed by atoms with Gasteiger partial charge in [0.1, 0.15) is 13.1 Å². The molecule has 4 heteroatoms. The summed E-state index contributed by atoms with van der Waals surface area (Å²) in [7, 11) is 0. The van der Waals surface area contributed by atoms with E-state index in [2.05, 4.69) is 214 Å². The van der Waals surface area contributed by atoms with Crippen molar-refractivity contribution in [1.82, 2.24) is 9.13 Å². The maximum Gasteiger partial charge on any atom is 0.212 e. The summed E-state index contributed by atoms with van der Waals surface area (Å²) in [6.45, 7) is 8.41. The van der Waals surface area contributed by atoms with Crippen LogP contribution < -0.4 is 9.13 Å². The molecule has 6 aromatic carbocycles. The fourth-order valence-corrected chi connectivity index (χ4v) is 9.98. The molecule has 0 radical (unpaired) electrons. The monoisotopic (exact) mass is 808 g/mol. The number of pyridine rings is 2. The lowest BCUT2D eigenvalue weighted by Crippen LogP contribution is -2.38. The lowest BCUT2D eigenvalue weighted by atomic mass is 10.1. The van der Waals surface area contributed by atoms with E-state index in [-0.39, 0.29) is 0 Å². The van der Waals surface area contributed by atoms with Crippen LogP contribution in [0.2, 0.25) is 0 Å². The Bertz CT molecular complexity index is 3280. The molecule has 4 heterocycles. The summed E-state index contributed by atoms with van der Waals surface area (Å²) in [6.07, 6.45) is 16.5. The zero-order valence-corrected chi connectivity index (χ0v) is 36.2. The van der Waals surface area contributed by atoms with Crippen molar-refractivity contribution in [2.24, 2.45) is 0 Å². The van der Waals surface area contributed by atoms with Crippen LogP contribution in [0, 0.1) is 0 Å². The molecule has 306 valence electrons. The largest absolute Gasteiger partial charge is 0.341 e. The van der Waals surface area contributed by atoms with Crippen LogP contribution in [0.4, 0.5) is 0 Å². The van der Waals surface area contributed by atoms with Gasteiger partial charge in [-0.05, 0) is 105 Å². The van der Waals surface area contributed by atoms with Crippen molar-refractivity contribution >= 4 is 89.7 Å². The van der Waals surface area contributed by atoms with E-state index in [9.17, 15) is 0 Å². The first-order valence-electron chi connectivity index (χ1n) is 22.9. The summed E-state index contributed by atoms with van der Waals surface area (Å²) in [6, 6.07) is 58.1. The Hall–Kier alpha value is -6.78. The molecule has 0 aliphatic heterocycles. The van der Waals surface area contributed by atoms with Gasteiger partial charge in [-0.15, -0.1) is 0 Å². The maximum atomic E-state index is 2.53. The van der Waals surface area contributed by atoms with Crippen LogP contribution in [0.3, 0.4) is 0 Å². The molecule has 62 heavy (non-hydrogen) atoms. The van der Waals surface area contributed by atoms with E-state index >= 15 is 0 Å². The Balaban J connectivity index is 0.790. The Morgan fingerprint density at radius 1 is 0.371 bits per heavy atom. The molecule has 0 fully saturated rings. The summed E-state index contributed by atoms with van der Waals surface area (Å²) >= 11 is 0. The molecule has 0 unspecified atom stereocenters. The minimum absolute atomic E-state index is 0.954. The molecule has 4 aromatic heterocycles. The average molecular weight is 809 g/mol. The highest BCUT2D eigenvalue weighted by atomic mass is 15.0. The van der Waals surface area contributed by atoms with Crippen molar-refractivity contribution in [3.63, 3.8) is 0 Å². The van der Waals surface area contributed by atoms with Crippen molar-refractivity contribution in [1.29, 1.82) is 0 Å². The highest BCUT2D eigenvalue weighted by molar-refractivity contribution is 6.09. The number of aromatic nitrogens is 4. The van der Waals surface area contributed by atoms with Crippen LogP contribution in [0.1, 0.15) is 74.9 Å². The second-order valence-electron chi connectivity index (χ2n) is 16.8. The first kappa shape index (κ1) is 39.4. The molecule has 0 spiro atoms. The number of aryl methyl sites for hydroxylation is 4. The highest BCUT2D eigenvalue weighted by Gasteiger charge is 2.16. The summed E-state index contributed by atoms with van der Waals surface area (Å²) in [5.74, 6) is 0. The van der Waals surface area contributed by atoms with Gasteiger partial charge in [0, 0.05) is 117 Å². The zero-order valence-electron chi connectivity index (χ0n) is 36.2. The number of hydrogen-bond acceptors (Lipinski definition) is 0. The minimum atomic E-state index is 0.954. The number of para-hydroxylation sites is 4.